The van der Waals surface area contributed by atoms with Crippen molar-refractivity contribution in [1.29, 1.82) is 0 Å². The normalized spacial score (nSPS) is 16.8. The molecule has 0 atom stereocenters. The van der Waals surface area contributed by atoms with Crippen LogP contribution in [0.2, 0.25) is 0 Å². The number of rotatable bonds is 3. The van der Waals surface area contributed by atoms with Gasteiger partial charge in [-0.15, -0.1) is 0 Å². The van der Waals surface area contributed by atoms with Crippen LogP contribution in [0, 0.1) is 13.8 Å². The number of aryl methyl sites for hydroxylation is 2. The second-order valence-corrected chi connectivity index (χ2v) is 9.32. The smallest absolute Gasteiger partial charge is 0.263 e. The van der Waals surface area contributed by atoms with Crippen LogP contribution >= 0.6 is 0 Å². The summed E-state index contributed by atoms with van der Waals surface area (Å²) in [7, 11) is 0. The maximum atomic E-state index is 14.5. The standard InChI is InChI=1S/C29H23FN6O2/c1-16-7-4-5-10-22(16)36-20(12-19-9-6-8-17(2)24(19)29(36)38)14-35-28-25-26(34-35)18(3)11-21(30)23(37)13-31-27(25)32-15-33-28/h4-13,15,37H,14H2,1-3H3/b18-11+,23-21-,31-13?. The molecular formula is C29H23FN6O2. The molecule has 9 heteroatoms. The van der Waals surface area contributed by atoms with E-state index in [2.05, 4.69) is 15.0 Å². The fourth-order valence-corrected chi connectivity index (χ4v) is 4.93. The molecule has 0 spiro atoms. The third-order valence-corrected chi connectivity index (χ3v) is 6.78. The number of hydrogen-bond acceptors (Lipinski definition) is 6. The summed E-state index contributed by atoms with van der Waals surface area (Å²) >= 11 is 0. The van der Waals surface area contributed by atoms with E-state index in [0.717, 1.165) is 28.4 Å². The van der Waals surface area contributed by atoms with Gasteiger partial charge in [0.05, 0.1) is 29.2 Å². The van der Waals surface area contributed by atoms with Crippen LogP contribution in [0.25, 0.3) is 33.1 Å². The van der Waals surface area contributed by atoms with Crippen LogP contribution in [0.3, 0.4) is 0 Å². The molecule has 5 aromatic rings. The molecule has 0 unspecified atom stereocenters. The number of halogens is 1. The van der Waals surface area contributed by atoms with E-state index in [1.54, 1.807) is 16.2 Å². The number of aliphatic hydroxyl groups is 1. The third-order valence-electron chi connectivity index (χ3n) is 6.78. The number of nitrogens with zero attached hydrogens (tertiary/aromatic N) is 6. The zero-order chi connectivity index (χ0) is 26.6. The molecule has 1 N–H and O–H groups in total. The molecule has 0 aliphatic carbocycles. The Balaban J connectivity index is 1.63. The first-order chi connectivity index (χ1) is 18.3. The number of para-hydroxylation sites is 1. The van der Waals surface area contributed by atoms with Crippen molar-refractivity contribution in [3.63, 3.8) is 0 Å². The Morgan fingerprint density at radius 1 is 0.974 bits per heavy atom. The fourth-order valence-electron chi connectivity index (χ4n) is 4.93. The molecule has 6 rings (SSSR count). The van der Waals surface area contributed by atoms with E-state index in [4.69, 9.17) is 5.10 Å². The van der Waals surface area contributed by atoms with Crippen LogP contribution < -0.4 is 5.56 Å². The Morgan fingerprint density at radius 2 is 1.76 bits per heavy atom. The summed E-state index contributed by atoms with van der Waals surface area (Å²) in [6.45, 7) is 5.81. The van der Waals surface area contributed by atoms with Gasteiger partial charge < -0.3 is 5.11 Å². The van der Waals surface area contributed by atoms with Crippen LogP contribution in [0.5, 0.6) is 0 Å². The predicted molar refractivity (Wildman–Crippen MR) is 146 cm³/mol. The molecule has 1 aliphatic heterocycles. The number of allylic oxidation sites excluding steroid dienone is 4. The Kier molecular flexibility index (Phi) is 5.48. The highest BCUT2D eigenvalue weighted by molar-refractivity contribution is 5.98. The van der Waals surface area contributed by atoms with Crippen LogP contribution in [-0.4, -0.2) is 35.6 Å². The van der Waals surface area contributed by atoms with Crippen LogP contribution in [0.15, 0.2) is 82.3 Å². The van der Waals surface area contributed by atoms with E-state index >= 15 is 0 Å². The summed E-state index contributed by atoms with van der Waals surface area (Å²) < 4.78 is 17.9. The van der Waals surface area contributed by atoms with E-state index in [9.17, 15) is 14.3 Å². The molecule has 1 aliphatic rings. The van der Waals surface area contributed by atoms with E-state index in [-0.39, 0.29) is 17.9 Å². The molecule has 0 amide bonds. The SMILES string of the molecule is C/C1=C\C(F)=C(\O)C=Nc2ncnc3c2c1nn3Cc1cc2cccc(C)c2c(=O)n1-c1ccccc1C. The number of fused-ring (bicyclic) bond motifs is 1. The second-order valence-electron chi connectivity index (χ2n) is 9.32. The minimum absolute atomic E-state index is 0.116. The lowest BCUT2D eigenvalue weighted by Gasteiger charge is -2.17. The molecule has 0 fully saturated rings. The number of benzene rings is 2. The molecule has 4 heterocycles. The average molecular weight is 507 g/mol. The van der Waals surface area contributed by atoms with Crippen LogP contribution in [0.1, 0.15) is 29.4 Å². The van der Waals surface area contributed by atoms with Gasteiger partial charge >= 0.3 is 0 Å². The number of aliphatic hydroxyl groups excluding tert-OH is 1. The minimum atomic E-state index is -0.826. The van der Waals surface area contributed by atoms with Crippen molar-refractivity contribution in [2.45, 2.75) is 27.3 Å². The molecule has 0 bridgehead atoms. The fraction of sp³-hybridized carbons (Fsp3) is 0.138. The molecule has 38 heavy (non-hydrogen) atoms. The van der Waals surface area contributed by atoms with Crippen molar-refractivity contribution in [3.05, 3.63) is 105 Å². The van der Waals surface area contributed by atoms with Gasteiger partial charge in [-0.3, -0.25) is 9.36 Å². The summed E-state index contributed by atoms with van der Waals surface area (Å²) in [5.41, 5.74) is 4.62. The maximum absolute atomic E-state index is 14.5. The molecule has 0 saturated heterocycles. The zero-order valence-electron chi connectivity index (χ0n) is 21.0. The first-order valence-electron chi connectivity index (χ1n) is 12.1. The lowest BCUT2D eigenvalue weighted by molar-refractivity contribution is 0.420. The Morgan fingerprint density at radius 3 is 2.58 bits per heavy atom. The first kappa shape index (κ1) is 23.5. The summed E-state index contributed by atoms with van der Waals surface area (Å²) in [4.78, 5) is 26.8. The predicted octanol–water partition coefficient (Wildman–Crippen LogP) is 5.65. The summed E-state index contributed by atoms with van der Waals surface area (Å²) in [6.07, 6.45) is 3.58. The summed E-state index contributed by atoms with van der Waals surface area (Å²) in [5.74, 6) is -1.16. The van der Waals surface area contributed by atoms with E-state index in [0.29, 0.717) is 33.4 Å². The Hall–Kier alpha value is -4.92. The monoisotopic (exact) mass is 506 g/mol. The van der Waals surface area contributed by atoms with Crippen LogP contribution in [0.4, 0.5) is 10.2 Å². The van der Waals surface area contributed by atoms with Gasteiger partial charge in [-0.2, -0.15) is 5.10 Å². The number of pyridine rings is 1. The van der Waals surface area contributed by atoms with E-state index < -0.39 is 11.6 Å². The Labute approximate surface area is 216 Å². The van der Waals surface area contributed by atoms with Crippen LogP contribution in [-0.2, 0) is 6.54 Å². The second kappa shape index (κ2) is 8.88. The van der Waals surface area contributed by atoms with Gasteiger partial charge in [0.25, 0.3) is 5.56 Å². The Bertz CT molecular complexity index is 1930. The van der Waals surface area contributed by atoms with Gasteiger partial charge in [-0.1, -0.05) is 36.4 Å². The van der Waals surface area contributed by atoms with Gasteiger partial charge in [0, 0.05) is 5.69 Å². The van der Waals surface area contributed by atoms with Gasteiger partial charge in [0.2, 0.25) is 0 Å². The van der Waals surface area contributed by atoms with Crippen molar-refractivity contribution in [2.24, 2.45) is 4.99 Å². The molecule has 0 radical (unpaired) electrons. The summed E-state index contributed by atoms with van der Waals surface area (Å²) in [6, 6.07) is 15.5. The van der Waals surface area contributed by atoms with Gasteiger partial charge in [-0.25, -0.2) is 24.0 Å². The lowest BCUT2D eigenvalue weighted by atomic mass is 10.1. The van der Waals surface area contributed by atoms with Crippen molar-refractivity contribution in [3.8, 4) is 5.69 Å². The van der Waals surface area contributed by atoms with Gasteiger partial charge in [0.1, 0.15) is 12.0 Å². The topological polar surface area (TPSA) is 98.2 Å². The largest absolute Gasteiger partial charge is 0.504 e. The highest BCUT2D eigenvalue weighted by Gasteiger charge is 2.22. The van der Waals surface area contributed by atoms with E-state index in [1.807, 2.05) is 62.4 Å². The molecule has 8 nitrogen and oxygen atoms in total. The molecule has 188 valence electrons. The molecule has 3 aromatic heterocycles. The highest BCUT2D eigenvalue weighted by atomic mass is 19.1. The molecular weight excluding hydrogens is 483 g/mol. The first-order valence-corrected chi connectivity index (χ1v) is 12.1. The van der Waals surface area contributed by atoms with Gasteiger partial charge in [0.15, 0.2) is 23.1 Å². The average Bonchev–Trinajstić information content (AvgIpc) is 3.28. The maximum Gasteiger partial charge on any atom is 0.263 e. The third kappa shape index (κ3) is 3.71. The van der Waals surface area contributed by atoms with Crippen molar-refractivity contribution >= 4 is 39.4 Å². The van der Waals surface area contributed by atoms with Crippen molar-refractivity contribution in [1.82, 2.24) is 24.3 Å². The summed E-state index contributed by atoms with van der Waals surface area (Å²) in [5, 5.41) is 16.7. The lowest BCUT2D eigenvalue weighted by Crippen LogP contribution is -2.25. The van der Waals surface area contributed by atoms with Gasteiger partial charge in [-0.05, 0) is 61.1 Å². The molecule has 0 saturated carbocycles. The van der Waals surface area contributed by atoms with E-state index in [1.165, 1.54) is 12.4 Å². The number of aromatic nitrogens is 5. The number of aliphatic imine (C=N–C) groups is 1. The molecule has 2 aromatic carbocycles. The van der Waals surface area contributed by atoms with Crippen molar-refractivity contribution in [2.75, 3.05) is 0 Å². The zero-order valence-corrected chi connectivity index (χ0v) is 21.0. The van der Waals surface area contributed by atoms with Crippen molar-refractivity contribution < 1.29 is 9.50 Å². The minimum Gasteiger partial charge on any atom is -0.504 e. The quantitative estimate of drug-likeness (QED) is 0.341. The highest BCUT2D eigenvalue weighted by Crippen LogP contribution is 2.32. The number of hydrogen-bond donors (Lipinski definition) is 1.